The number of hydrogen-bond donors (Lipinski definition) is 1. The number of imidazole rings is 1. The minimum atomic E-state index is -0.224. The molecular formula is C15H17N5O2S. The SMILES string of the molecule is CCc1nc2ccc(C(=O)Nc3nnc(COC)s3)cn2c1C. The molecule has 0 atom stereocenters. The van der Waals surface area contributed by atoms with Gasteiger partial charge in [0.1, 0.15) is 17.3 Å². The first kappa shape index (κ1) is 15.6. The number of nitrogens with one attached hydrogen (secondary N) is 1. The Balaban J connectivity index is 1.83. The molecule has 3 heterocycles. The van der Waals surface area contributed by atoms with Gasteiger partial charge < -0.3 is 9.14 Å². The molecule has 0 saturated carbocycles. The summed E-state index contributed by atoms with van der Waals surface area (Å²) in [7, 11) is 1.59. The van der Waals surface area contributed by atoms with E-state index in [1.165, 1.54) is 11.3 Å². The van der Waals surface area contributed by atoms with Crippen LogP contribution in [0.1, 0.15) is 33.7 Å². The van der Waals surface area contributed by atoms with Crippen LogP contribution in [-0.2, 0) is 17.8 Å². The van der Waals surface area contributed by atoms with Gasteiger partial charge in [0, 0.05) is 19.0 Å². The van der Waals surface area contributed by atoms with Gasteiger partial charge in [-0.1, -0.05) is 18.3 Å². The lowest BCUT2D eigenvalue weighted by atomic mass is 10.2. The Kier molecular flexibility index (Phi) is 4.35. The number of anilines is 1. The minimum Gasteiger partial charge on any atom is -0.377 e. The molecule has 120 valence electrons. The summed E-state index contributed by atoms with van der Waals surface area (Å²) in [6.45, 7) is 4.45. The fraction of sp³-hybridized carbons (Fsp3) is 0.333. The zero-order chi connectivity index (χ0) is 16.4. The van der Waals surface area contributed by atoms with Gasteiger partial charge in [0.15, 0.2) is 0 Å². The lowest BCUT2D eigenvalue weighted by molar-refractivity contribution is 0.102. The van der Waals surface area contributed by atoms with Crippen LogP contribution in [-0.4, -0.2) is 32.6 Å². The average molecular weight is 331 g/mol. The van der Waals surface area contributed by atoms with Gasteiger partial charge in [0.2, 0.25) is 5.13 Å². The molecule has 23 heavy (non-hydrogen) atoms. The largest absolute Gasteiger partial charge is 0.377 e. The van der Waals surface area contributed by atoms with Gasteiger partial charge in [-0.2, -0.15) is 0 Å². The van der Waals surface area contributed by atoms with E-state index in [0.29, 0.717) is 17.3 Å². The molecule has 0 aliphatic carbocycles. The molecule has 0 aromatic carbocycles. The third-order valence-electron chi connectivity index (χ3n) is 3.51. The summed E-state index contributed by atoms with van der Waals surface area (Å²) >= 11 is 1.30. The maximum Gasteiger partial charge on any atom is 0.258 e. The van der Waals surface area contributed by atoms with Crippen molar-refractivity contribution in [3.63, 3.8) is 0 Å². The minimum absolute atomic E-state index is 0.224. The number of amides is 1. The molecule has 7 nitrogen and oxygen atoms in total. The monoisotopic (exact) mass is 331 g/mol. The number of carbonyl (C=O) groups is 1. The number of carbonyl (C=O) groups excluding carboxylic acids is 1. The second-order valence-corrected chi connectivity index (χ2v) is 6.09. The molecule has 0 radical (unpaired) electrons. The zero-order valence-corrected chi connectivity index (χ0v) is 14.0. The summed E-state index contributed by atoms with van der Waals surface area (Å²) in [6, 6.07) is 3.60. The number of pyridine rings is 1. The smallest absolute Gasteiger partial charge is 0.258 e. The molecule has 0 spiro atoms. The van der Waals surface area contributed by atoms with E-state index < -0.39 is 0 Å². The molecule has 0 saturated heterocycles. The number of hydrogen-bond acceptors (Lipinski definition) is 6. The second-order valence-electron chi connectivity index (χ2n) is 5.03. The maximum absolute atomic E-state index is 12.4. The quantitative estimate of drug-likeness (QED) is 0.776. The fourth-order valence-electron chi connectivity index (χ4n) is 2.34. The first-order valence-electron chi connectivity index (χ1n) is 7.22. The molecule has 1 N–H and O–H groups in total. The molecule has 3 aromatic heterocycles. The van der Waals surface area contributed by atoms with Gasteiger partial charge >= 0.3 is 0 Å². The highest BCUT2D eigenvalue weighted by atomic mass is 32.1. The number of aromatic nitrogens is 4. The van der Waals surface area contributed by atoms with Gasteiger partial charge in [0.05, 0.1) is 11.3 Å². The molecule has 0 unspecified atom stereocenters. The van der Waals surface area contributed by atoms with Crippen molar-refractivity contribution in [3.8, 4) is 0 Å². The Bertz CT molecular complexity index is 855. The third-order valence-corrected chi connectivity index (χ3v) is 4.32. The Hall–Kier alpha value is -2.32. The van der Waals surface area contributed by atoms with Crippen molar-refractivity contribution in [3.05, 3.63) is 40.3 Å². The standard InChI is InChI=1S/C15H17N5O2S/c1-4-11-9(2)20-7-10(5-6-12(20)16-11)14(21)17-15-19-18-13(23-15)8-22-3/h5-7H,4,8H2,1-3H3,(H,17,19,21). The van der Waals surface area contributed by atoms with Crippen molar-refractivity contribution in [1.29, 1.82) is 0 Å². The predicted octanol–water partition coefficient (Wildman–Crippen LogP) is 2.46. The average Bonchev–Trinajstić information content (AvgIpc) is 3.12. The number of nitrogens with zero attached hydrogens (tertiary/aromatic N) is 4. The topological polar surface area (TPSA) is 81.4 Å². The number of ether oxygens (including phenoxy) is 1. The summed E-state index contributed by atoms with van der Waals surface area (Å²) in [6.07, 6.45) is 2.66. The summed E-state index contributed by atoms with van der Waals surface area (Å²) < 4.78 is 6.92. The summed E-state index contributed by atoms with van der Waals surface area (Å²) in [4.78, 5) is 16.9. The lowest BCUT2D eigenvalue weighted by Crippen LogP contribution is -2.12. The van der Waals surface area contributed by atoms with Crippen LogP contribution >= 0.6 is 11.3 Å². The molecular weight excluding hydrogens is 314 g/mol. The van der Waals surface area contributed by atoms with Crippen LogP contribution in [0.2, 0.25) is 0 Å². The van der Waals surface area contributed by atoms with E-state index in [2.05, 4.69) is 27.4 Å². The molecule has 0 aliphatic heterocycles. The summed E-state index contributed by atoms with van der Waals surface area (Å²) in [5.74, 6) is -0.224. The second kappa shape index (κ2) is 6.43. The Labute approximate surface area is 137 Å². The van der Waals surface area contributed by atoms with E-state index in [-0.39, 0.29) is 5.91 Å². The van der Waals surface area contributed by atoms with Gasteiger partial charge in [-0.15, -0.1) is 10.2 Å². The molecule has 3 rings (SSSR count). The van der Waals surface area contributed by atoms with Gasteiger partial charge in [0.25, 0.3) is 5.91 Å². The molecule has 0 aliphatic rings. The molecule has 1 amide bonds. The Morgan fingerprint density at radius 2 is 2.22 bits per heavy atom. The van der Waals surface area contributed by atoms with Crippen molar-refractivity contribution in [2.45, 2.75) is 26.9 Å². The third kappa shape index (κ3) is 3.08. The maximum atomic E-state index is 12.4. The van der Waals surface area contributed by atoms with Crippen LogP contribution in [0.4, 0.5) is 5.13 Å². The van der Waals surface area contributed by atoms with Crippen LogP contribution in [0.15, 0.2) is 18.3 Å². The number of rotatable bonds is 5. The Morgan fingerprint density at radius 1 is 1.39 bits per heavy atom. The van der Waals surface area contributed by atoms with E-state index in [4.69, 9.17) is 4.74 Å². The highest BCUT2D eigenvalue weighted by molar-refractivity contribution is 7.15. The lowest BCUT2D eigenvalue weighted by Gasteiger charge is -2.03. The zero-order valence-electron chi connectivity index (χ0n) is 13.2. The highest BCUT2D eigenvalue weighted by Crippen LogP contribution is 2.18. The normalized spacial score (nSPS) is 11.1. The van der Waals surface area contributed by atoms with E-state index in [9.17, 15) is 4.79 Å². The van der Waals surface area contributed by atoms with E-state index in [1.54, 1.807) is 19.4 Å². The first-order chi connectivity index (χ1) is 11.1. The van der Waals surface area contributed by atoms with Crippen molar-refractivity contribution in [1.82, 2.24) is 19.6 Å². The number of aryl methyl sites for hydroxylation is 2. The molecule has 0 fully saturated rings. The molecule has 3 aromatic rings. The van der Waals surface area contributed by atoms with Crippen molar-refractivity contribution in [2.75, 3.05) is 12.4 Å². The van der Waals surface area contributed by atoms with Crippen LogP contribution in [0.5, 0.6) is 0 Å². The van der Waals surface area contributed by atoms with Crippen molar-refractivity contribution < 1.29 is 9.53 Å². The van der Waals surface area contributed by atoms with Gasteiger partial charge in [-0.05, 0) is 25.5 Å². The fourth-order valence-corrected chi connectivity index (χ4v) is 3.04. The van der Waals surface area contributed by atoms with Crippen molar-refractivity contribution >= 4 is 28.0 Å². The van der Waals surface area contributed by atoms with Gasteiger partial charge in [-0.3, -0.25) is 10.1 Å². The highest BCUT2D eigenvalue weighted by Gasteiger charge is 2.13. The summed E-state index contributed by atoms with van der Waals surface area (Å²) in [5, 5.41) is 11.8. The van der Waals surface area contributed by atoms with Crippen LogP contribution in [0, 0.1) is 6.92 Å². The van der Waals surface area contributed by atoms with Crippen LogP contribution in [0.3, 0.4) is 0 Å². The van der Waals surface area contributed by atoms with E-state index in [1.807, 2.05) is 17.4 Å². The van der Waals surface area contributed by atoms with Gasteiger partial charge in [-0.25, -0.2) is 4.98 Å². The molecule has 0 bridgehead atoms. The van der Waals surface area contributed by atoms with Crippen LogP contribution in [0.25, 0.3) is 5.65 Å². The van der Waals surface area contributed by atoms with E-state index >= 15 is 0 Å². The van der Waals surface area contributed by atoms with E-state index in [0.717, 1.165) is 28.5 Å². The van der Waals surface area contributed by atoms with Crippen molar-refractivity contribution in [2.24, 2.45) is 0 Å². The predicted molar refractivity (Wildman–Crippen MR) is 87.9 cm³/mol. The summed E-state index contributed by atoms with van der Waals surface area (Å²) in [5.41, 5.74) is 3.48. The first-order valence-corrected chi connectivity index (χ1v) is 8.04. The van der Waals surface area contributed by atoms with Crippen LogP contribution < -0.4 is 5.32 Å². The number of fused-ring (bicyclic) bond motifs is 1. The number of methoxy groups -OCH3 is 1. The molecule has 8 heteroatoms. The Morgan fingerprint density at radius 3 is 2.96 bits per heavy atom.